The summed E-state index contributed by atoms with van der Waals surface area (Å²) in [6.45, 7) is 0.979. The molecular weight excluding hydrogens is 352 g/mol. The van der Waals surface area contributed by atoms with Crippen LogP contribution in [-0.4, -0.2) is 37.6 Å². The molecule has 5 nitrogen and oxygen atoms in total. The van der Waals surface area contributed by atoms with Crippen LogP contribution < -0.4 is 14.8 Å². The van der Waals surface area contributed by atoms with Crippen LogP contribution in [0.5, 0.6) is 11.5 Å². The second kappa shape index (κ2) is 8.43. The number of nitrogens with zero attached hydrogens (tertiary/aromatic N) is 1. The molecule has 2 aromatic carbocycles. The van der Waals surface area contributed by atoms with Gasteiger partial charge in [0.15, 0.2) is 0 Å². The van der Waals surface area contributed by atoms with Gasteiger partial charge >= 0.3 is 0 Å². The summed E-state index contributed by atoms with van der Waals surface area (Å²) in [7, 11) is 3.23. The molecule has 0 aliphatic heterocycles. The smallest absolute Gasteiger partial charge is 0.238 e. The maximum atomic E-state index is 12.6. The predicted molar refractivity (Wildman–Crippen MR) is 103 cm³/mol. The molecule has 0 spiro atoms. The molecule has 26 heavy (non-hydrogen) atoms. The van der Waals surface area contributed by atoms with E-state index in [0.717, 1.165) is 24.2 Å². The monoisotopic (exact) mass is 374 g/mol. The summed E-state index contributed by atoms with van der Waals surface area (Å²) in [5, 5.41) is 3.46. The van der Waals surface area contributed by atoms with Gasteiger partial charge in [0.1, 0.15) is 11.5 Å². The van der Waals surface area contributed by atoms with Gasteiger partial charge in [-0.05, 0) is 37.1 Å². The van der Waals surface area contributed by atoms with Crippen molar-refractivity contribution >= 4 is 23.2 Å². The van der Waals surface area contributed by atoms with Crippen LogP contribution >= 0.6 is 11.6 Å². The average molecular weight is 375 g/mol. The van der Waals surface area contributed by atoms with Crippen molar-refractivity contribution in [3.8, 4) is 11.5 Å². The Hall–Kier alpha value is -2.24. The van der Waals surface area contributed by atoms with Gasteiger partial charge in [0.25, 0.3) is 0 Å². The fourth-order valence-electron chi connectivity index (χ4n) is 2.96. The minimum absolute atomic E-state index is 0.0904. The summed E-state index contributed by atoms with van der Waals surface area (Å²) >= 11 is 6.03. The summed E-state index contributed by atoms with van der Waals surface area (Å²) in [5.74, 6) is 1.34. The maximum absolute atomic E-state index is 12.6. The maximum Gasteiger partial charge on any atom is 0.238 e. The van der Waals surface area contributed by atoms with E-state index in [2.05, 4.69) is 10.2 Å². The highest BCUT2D eigenvalue weighted by Gasteiger charge is 2.31. The number of halogens is 1. The van der Waals surface area contributed by atoms with Gasteiger partial charge in [-0.1, -0.05) is 29.8 Å². The zero-order valence-corrected chi connectivity index (χ0v) is 15.8. The molecule has 0 heterocycles. The van der Waals surface area contributed by atoms with Crippen LogP contribution in [0.1, 0.15) is 18.4 Å². The zero-order chi connectivity index (χ0) is 18.5. The summed E-state index contributed by atoms with van der Waals surface area (Å²) in [6.07, 6.45) is 2.23. The van der Waals surface area contributed by atoms with E-state index in [1.807, 2.05) is 24.3 Å². The van der Waals surface area contributed by atoms with Crippen molar-refractivity contribution < 1.29 is 14.3 Å². The Morgan fingerprint density at radius 1 is 1.15 bits per heavy atom. The highest BCUT2D eigenvalue weighted by Crippen LogP contribution is 2.31. The molecule has 0 bridgehead atoms. The molecule has 1 aliphatic carbocycles. The molecule has 6 heteroatoms. The van der Waals surface area contributed by atoms with Gasteiger partial charge in [-0.3, -0.25) is 9.69 Å². The van der Waals surface area contributed by atoms with Crippen molar-refractivity contribution in [2.24, 2.45) is 0 Å². The number of ether oxygens (including phenoxy) is 2. The molecule has 1 saturated carbocycles. The first-order valence-electron chi connectivity index (χ1n) is 8.60. The van der Waals surface area contributed by atoms with E-state index in [0.29, 0.717) is 35.6 Å². The number of hydrogen-bond acceptors (Lipinski definition) is 4. The van der Waals surface area contributed by atoms with Crippen LogP contribution in [0.3, 0.4) is 0 Å². The SMILES string of the molecule is COc1ccccc1CN(CC(=O)Nc1cc(Cl)ccc1OC)C1CC1. The van der Waals surface area contributed by atoms with Gasteiger partial charge in [0, 0.05) is 23.2 Å². The molecule has 1 amide bonds. The highest BCUT2D eigenvalue weighted by atomic mass is 35.5. The van der Waals surface area contributed by atoms with E-state index in [1.54, 1.807) is 32.4 Å². The lowest BCUT2D eigenvalue weighted by molar-refractivity contribution is -0.117. The van der Waals surface area contributed by atoms with Gasteiger partial charge < -0.3 is 14.8 Å². The summed E-state index contributed by atoms with van der Waals surface area (Å²) in [4.78, 5) is 14.8. The molecule has 1 aliphatic rings. The van der Waals surface area contributed by atoms with Gasteiger partial charge in [-0.2, -0.15) is 0 Å². The third-order valence-corrected chi connectivity index (χ3v) is 4.65. The molecule has 1 fully saturated rings. The molecule has 0 radical (unpaired) electrons. The third-order valence-electron chi connectivity index (χ3n) is 4.41. The Kier molecular flexibility index (Phi) is 6.01. The molecule has 0 atom stereocenters. The van der Waals surface area contributed by atoms with Crippen LogP contribution in [-0.2, 0) is 11.3 Å². The van der Waals surface area contributed by atoms with Gasteiger partial charge in [-0.15, -0.1) is 0 Å². The molecule has 138 valence electrons. The van der Waals surface area contributed by atoms with E-state index >= 15 is 0 Å². The second-order valence-electron chi connectivity index (χ2n) is 6.34. The quantitative estimate of drug-likeness (QED) is 0.759. The summed E-state index contributed by atoms with van der Waals surface area (Å²) in [6, 6.07) is 13.5. The van der Waals surface area contributed by atoms with Gasteiger partial charge in [0.05, 0.1) is 26.5 Å². The number of rotatable bonds is 8. The predicted octanol–water partition coefficient (Wildman–Crippen LogP) is 3.96. The normalized spacial score (nSPS) is 13.5. The van der Waals surface area contributed by atoms with Crippen molar-refractivity contribution in [3.05, 3.63) is 53.1 Å². The highest BCUT2D eigenvalue weighted by molar-refractivity contribution is 6.31. The van der Waals surface area contributed by atoms with E-state index in [1.165, 1.54) is 0 Å². The Balaban J connectivity index is 1.69. The number of benzene rings is 2. The Morgan fingerprint density at radius 2 is 1.88 bits per heavy atom. The van der Waals surface area contributed by atoms with E-state index < -0.39 is 0 Å². The van der Waals surface area contributed by atoms with Crippen LogP contribution in [0, 0.1) is 0 Å². The first-order valence-corrected chi connectivity index (χ1v) is 8.98. The number of anilines is 1. The van der Waals surface area contributed by atoms with Crippen molar-refractivity contribution in [1.82, 2.24) is 4.90 Å². The Labute approximate surface area is 158 Å². The molecule has 0 unspecified atom stereocenters. The van der Waals surface area contributed by atoms with Crippen molar-refractivity contribution in [1.29, 1.82) is 0 Å². The lowest BCUT2D eigenvalue weighted by Gasteiger charge is -2.23. The molecule has 3 rings (SSSR count). The first-order chi connectivity index (χ1) is 12.6. The van der Waals surface area contributed by atoms with Gasteiger partial charge in [0.2, 0.25) is 5.91 Å². The van der Waals surface area contributed by atoms with Crippen LogP contribution in [0.25, 0.3) is 0 Å². The number of amides is 1. The lowest BCUT2D eigenvalue weighted by Crippen LogP contribution is -2.34. The van der Waals surface area contributed by atoms with E-state index in [-0.39, 0.29) is 5.91 Å². The minimum atomic E-state index is -0.0904. The number of para-hydroxylation sites is 1. The lowest BCUT2D eigenvalue weighted by atomic mass is 10.2. The Morgan fingerprint density at radius 3 is 2.58 bits per heavy atom. The number of carbonyl (C=O) groups is 1. The number of hydrogen-bond donors (Lipinski definition) is 1. The first kappa shape index (κ1) is 18.5. The second-order valence-corrected chi connectivity index (χ2v) is 6.78. The minimum Gasteiger partial charge on any atom is -0.496 e. The number of carbonyl (C=O) groups excluding carboxylic acids is 1. The molecule has 1 N–H and O–H groups in total. The van der Waals surface area contributed by atoms with E-state index in [4.69, 9.17) is 21.1 Å². The average Bonchev–Trinajstić information content (AvgIpc) is 3.47. The molecule has 0 saturated heterocycles. The van der Waals surface area contributed by atoms with Crippen LogP contribution in [0.15, 0.2) is 42.5 Å². The topological polar surface area (TPSA) is 50.8 Å². The molecule has 0 aromatic heterocycles. The fraction of sp³-hybridized carbons (Fsp3) is 0.350. The van der Waals surface area contributed by atoms with Crippen LogP contribution in [0.4, 0.5) is 5.69 Å². The summed E-state index contributed by atoms with van der Waals surface area (Å²) in [5.41, 5.74) is 1.66. The molecular formula is C20H23ClN2O3. The van der Waals surface area contributed by atoms with Crippen LogP contribution in [0.2, 0.25) is 5.02 Å². The number of nitrogens with one attached hydrogen (secondary N) is 1. The molecule has 2 aromatic rings. The van der Waals surface area contributed by atoms with Crippen molar-refractivity contribution in [3.63, 3.8) is 0 Å². The van der Waals surface area contributed by atoms with E-state index in [9.17, 15) is 4.79 Å². The summed E-state index contributed by atoms with van der Waals surface area (Å²) < 4.78 is 10.7. The number of methoxy groups -OCH3 is 2. The fourth-order valence-corrected chi connectivity index (χ4v) is 3.13. The van der Waals surface area contributed by atoms with Gasteiger partial charge in [-0.25, -0.2) is 0 Å². The van der Waals surface area contributed by atoms with Crippen molar-refractivity contribution in [2.75, 3.05) is 26.1 Å². The Bertz CT molecular complexity index is 777. The zero-order valence-electron chi connectivity index (χ0n) is 15.0. The third kappa shape index (κ3) is 4.68. The standard InChI is InChI=1S/C20H23ClN2O3/c1-25-18-6-4-3-5-14(18)12-23(16-8-9-16)13-20(24)22-17-11-15(21)7-10-19(17)26-2/h3-7,10-11,16H,8-9,12-13H2,1-2H3,(H,22,24). The largest absolute Gasteiger partial charge is 0.496 e. The van der Waals surface area contributed by atoms with Crippen molar-refractivity contribution in [2.45, 2.75) is 25.4 Å².